The van der Waals surface area contributed by atoms with Gasteiger partial charge in [0.1, 0.15) is 0 Å². The highest BCUT2D eigenvalue weighted by molar-refractivity contribution is 5.49. The highest BCUT2D eigenvalue weighted by Gasteiger charge is 2.30. The fourth-order valence-electron chi connectivity index (χ4n) is 3.74. The molecule has 1 atom stereocenters. The molecule has 2 aromatic rings. The van der Waals surface area contributed by atoms with Crippen molar-refractivity contribution in [3.8, 4) is 0 Å². The van der Waals surface area contributed by atoms with Crippen LogP contribution in [0.15, 0.2) is 95.7 Å². The first-order valence-corrected chi connectivity index (χ1v) is 10.3. The fourth-order valence-corrected chi connectivity index (χ4v) is 3.74. The lowest BCUT2D eigenvalue weighted by Crippen LogP contribution is -2.25. The molecule has 0 radical (unpaired) electrons. The summed E-state index contributed by atoms with van der Waals surface area (Å²) in [6.07, 6.45) is 10.2. The Bertz CT molecular complexity index is 848. The highest BCUT2D eigenvalue weighted by atomic mass is 14.8. The summed E-state index contributed by atoms with van der Waals surface area (Å²) in [4.78, 5) is 0. The van der Waals surface area contributed by atoms with Crippen molar-refractivity contribution in [1.82, 2.24) is 0 Å². The standard InChI is InChI=1S/C27H33N/c1-21-23(15-11-14-22-12-7-5-8-13-22)18-25(27(2,3)4)19-24(21)20-28-26-16-9-6-10-17-26/h5-13,15-17,20,25,28H,14,18-19H2,1-4H3/b15-11+,24-20+. The molecule has 1 heteroatoms. The molecule has 0 amide bonds. The first kappa shape index (κ1) is 20.2. The van der Waals surface area contributed by atoms with Gasteiger partial charge in [-0.2, -0.15) is 0 Å². The molecule has 1 aliphatic rings. The van der Waals surface area contributed by atoms with Gasteiger partial charge < -0.3 is 5.32 Å². The van der Waals surface area contributed by atoms with Crippen LogP contribution in [0.4, 0.5) is 5.69 Å². The maximum Gasteiger partial charge on any atom is 0.0379 e. The van der Waals surface area contributed by atoms with E-state index in [0.717, 1.165) is 24.9 Å². The molecular weight excluding hydrogens is 338 g/mol. The average Bonchev–Trinajstić information content (AvgIpc) is 2.69. The first-order valence-electron chi connectivity index (χ1n) is 10.3. The lowest BCUT2D eigenvalue weighted by molar-refractivity contribution is 0.233. The number of anilines is 1. The minimum absolute atomic E-state index is 0.297. The second-order valence-electron chi connectivity index (χ2n) is 8.89. The van der Waals surface area contributed by atoms with E-state index in [1.165, 1.54) is 22.3 Å². The summed E-state index contributed by atoms with van der Waals surface area (Å²) >= 11 is 0. The zero-order valence-electron chi connectivity index (χ0n) is 17.7. The molecular formula is C27H33N. The van der Waals surface area contributed by atoms with Gasteiger partial charge in [-0.05, 0) is 71.9 Å². The summed E-state index contributed by atoms with van der Waals surface area (Å²) in [5, 5.41) is 3.50. The number of benzene rings is 2. The smallest absolute Gasteiger partial charge is 0.0379 e. The molecule has 0 aliphatic heterocycles. The van der Waals surface area contributed by atoms with Crippen LogP contribution in [-0.4, -0.2) is 0 Å². The van der Waals surface area contributed by atoms with Gasteiger partial charge in [-0.3, -0.25) is 0 Å². The van der Waals surface area contributed by atoms with Crippen LogP contribution in [0, 0.1) is 11.3 Å². The van der Waals surface area contributed by atoms with E-state index >= 15 is 0 Å². The predicted octanol–water partition coefficient (Wildman–Crippen LogP) is 7.55. The molecule has 0 saturated carbocycles. The predicted molar refractivity (Wildman–Crippen MR) is 122 cm³/mol. The molecule has 0 spiro atoms. The van der Waals surface area contributed by atoms with E-state index in [9.17, 15) is 0 Å². The normalized spacial score (nSPS) is 19.4. The first-order chi connectivity index (χ1) is 13.4. The van der Waals surface area contributed by atoms with E-state index in [1.807, 2.05) is 0 Å². The van der Waals surface area contributed by atoms with E-state index in [2.05, 4.69) is 112 Å². The summed E-state index contributed by atoms with van der Waals surface area (Å²) in [5.74, 6) is 0.649. The SMILES string of the molecule is CC1=C(/C=C/Cc2ccccc2)CC(C(C)(C)C)C/C1=C\Nc1ccccc1. The summed E-state index contributed by atoms with van der Waals surface area (Å²) in [5.41, 5.74) is 7.12. The van der Waals surface area contributed by atoms with Gasteiger partial charge in [0.25, 0.3) is 0 Å². The van der Waals surface area contributed by atoms with Gasteiger partial charge in [-0.25, -0.2) is 0 Å². The third-order valence-electron chi connectivity index (χ3n) is 5.82. The van der Waals surface area contributed by atoms with Crippen LogP contribution in [-0.2, 0) is 6.42 Å². The zero-order chi connectivity index (χ0) is 20.0. The van der Waals surface area contributed by atoms with Crippen LogP contribution in [0.2, 0.25) is 0 Å². The monoisotopic (exact) mass is 371 g/mol. The van der Waals surface area contributed by atoms with Crippen molar-refractivity contribution in [2.75, 3.05) is 5.32 Å². The second kappa shape index (κ2) is 9.10. The maximum atomic E-state index is 3.50. The molecule has 0 aromatic heterocycles. The number of rotatable bonds is 5. The van der Waals surface area contributed by atoms with Crippen molar-refractivity contribution in [2.45, 2.75) is 47.0 Å². The Balaban J connectivity index is 1.82. The minimum Gasteiger partial charge on any atom is -0.361 e. The van der Waals surface area contributed by atoms with Gasteiger partial charge in [0.2, 0.25) is 0 Å². The van der Waals surface area contributed by atoms with Crippen molar-refractivity contribution < 1.29 is 0 Å². The van der Waals surface area contributed by atoms with Crippen LogP contribution < -0.4 is 5.32 Å². The summed E-state index contributed by atoms with van der Waals surface area (Å²) < 4.78 is 0. The van der Waals surface area contributed by atoms with Crippen LogP contribution in [0.25, 0.3) is 0 Å². The van der Waals surface area contributed by atoms with Crippen molar-refractivity contribution in [3.05, 3.63) is 101 Å². The minimum atomic E-state index is 0.297. The van der Waals surface area contributed by atoms with Crippen molar-refractivity contribution >= 4 is 5.69 Å². The number of para-hydroxylation sites is 1. The van der Waals surface area contributed by atoms with Gasteiger partial charge in [0.15, 0.2) is 0 Å². The van der Waals surface area contributed by atoms with Crippen LogP contribution in [0.5, 0.6) is 0 Å². The number of nitrogens with one attached hydrogen (secondary N) is 1. The molecule has 1 unspecified atom stereocenters. The van der Waals surface area contributed by atoms with E-state index in [0.29, 0.717) is 11.3 Å². The van der Waals surface area contributed by atoms with E-state index in [-0.39, 0.29) is 0 Å². The molecule has 28 heavy (non-hydrogen) atoms. The Morgan fingerprint density at radius 1 is 0.929 bits per heavy atom. The van der Waals surface area contributed by atoms with Crippen molar-refractivity contribution in [2.24, 2.45) is 11.3 Å². The molecule has 2 aromatic carbocycles. The number of allylic oxidation sites excluding steroid dienone is 5. The molecule has 1 N–H and O–H groups in total. The van der Waals surface area contributed by atoms with Gasteiger partial charge >= 0.3 is 0 Å². The summed E-state index contributed by atoms with van der Waals surface area (Å²) in [7, 11) is 0. The Labute approximate surface area is 170 Å². The highest BCUT2D eigenvalue weighted by Crippen LogP contribution is 2.43. The lowest BCUT2D eigenvalue weighted by Gasteiger charge is -2.36. The van der Waals surface area contributed by atoms with Gasteiger partial charge in [-0.1, -0.05) is 81.5 Å². The second-order valence-corrected chi connectivity index (χ2v) is 8.89. The molecule has 1 nitrogen and oxygen atoms in total. The largest absolute Gasteiger partial charge is 0.361 e. The van der Waals surface area contributed by atoms with Crippen molar-refractivity contribution in [1.29, 1.82) is 0 Å². The third kappa shape index (κ3) is 5.48. The molecule has 0 bridgehead atoms. The Hall–Kier alpha value is -2.54. The molecule has 146 valence electrons. The van der Waals surface area contributed by atoms with Crippen molar-refractivity contribution in [3.63, 3.8) is 0 Å². The maximum absolute atomic E-state index is 3.50. The fraction of sp³-hybridized carbons (Fsp3) is 0.333. The lowest BCUT2D eigenvalue weighted by atomic mass is 9.69. The molecule has 0 heterocycles. The molecule has 0 saturated heterocycles. The molecule has 0 fully saturated rings. The summed E-state index contributed by atoms with van der Waals surface area (Å²) in [6, 6.07) is 21.1. The number of hydrogen-bond donors (Lipinski definition) is 1. The quantitative estimate of drug-likeness (QED) is 0.572. The van der Waals surface area contributed by atoms with Gasteiger partial charge in [-0.15, -0.1) is 0 Å². The Morgan fingerprint density at radius 3 is 2.21 bits per heavy atom. The van der Waals surface area contributed by atoms with E-state index < -0.39 is 0 Å². The summed E-state index contributed by atoms with van der Waals surface area (Å²) in [6.45, 7) is 9.38. The van der Waals surface area contributed by atoms with Gasteiger partial charge in [0.05, 0.1) is 0 Å². The molecule has 3 rings (SSSR count). The molecule has 1 aliphatic carbocycles. The van der Waals surface area contributed by atoms with Gasteiger partial charge in [0, 0.05) is 11.9 Å². The third-order valence-corrected chi connectivity index (χ3v) is 5.82. The van der Waals surface area contributed by atoms with Crippen LogP contribution in [0.1, 0.15) is 46.1 Å². The number of hydrogen-bond acceptors (Lipinski definition) is 1. The van der Waals surface area contributed by atoms with E-state index in [4.69, 9.17) is 0 Å². The Morgan fingerprint density at radius 2 is 1.57 bits per heavy atom. The zero-order valence-corrected chi connectivity index (χ0v) is 17.7. The van der Waals surface area contributed by atoms with Crippen LogP contribution in [0.3, 0.4) is 0 Å². The van der Waals surface area contributed by atoms with E-state index in [1.54, 1.807) is 0 Å². The topological polar surface area (TPSA) is 12.0 Å². The van der Waals surface area contributed by atoms with Crippen LogP contribution >= 0.6 is 0 Å². The average molecular weight is 372 g/mol. The Kier molecular flexibility index (Phi) is 6.57.